The van der Waals surface area contributed by atoms with Gasteiger partial charge in [-0.3, -0.25) is 0 Å². The van der Waals surface area contributed by atoms with Gasteiger partial charge in [0.25, 0.3) is 0 Å². The van der Waals surface area contributed by atoms with Gasteiger partial charge >= 0.3 is 0 Å². The minimum atomic E-state index is -1.24. The molecule has 0 bridgehead atoms. The number of hydrogen-bond acceptors (Lipinski definition) is 5. The van der Waals surface area contributed by atoms with E-state index in [9.17, 15) is 15.3 Å². The highest BCUT2D eigenvalue weighted by molar-refractivity contribution is 4.91. The minimum absolute atomic E-state index is 0.360. The topological polar surface area (TPSA) is 90.2 Å². The maximum absolute atomic E-state index is 9.40. The number of aliphatic hydroxyl groups excluding tert-OH is 4. The summed E-state index contributed by atoms with van der Waals surface area (Å²) in [7, 11) is 0. The molecule has 1 heterocycles. The first kappa shape index (κ1) is 10.9. The maximum atomic E-state index is 9.40. The van der Waals surface area contributed by atoms with Crippen LogP contribution in [0.15, 0.2) is 0 Å². The van der Waals surface area contributed by atoms with Crippen LogP contribution in [0.3, 0.4) is 0 Å². The quantitative estimate of drug-likeness (QED) is 0.416. The molecule has 4 N–H and O–H groups in total. The standard InChI is InChI=1S/C8H16O5/c1-2-4-6(10)8(12)7(11)5(3-9)13-4/h4-12H,2-3H2,1H3/t4?,5?,6?,7-,8?/m1/s1. The van der Waals surface area contributed by atoms with Crippen LogP contribution in [0.2, 0.25) is 0 Å². The van der Waals surface area contributed by atoms with Crippen molar-refractivity contribution in [2.45, 2.75) is 43.9 Å². The molecule has 1 saturated heterocycles. The molecular weight excluding hydrogens is 176 g/mol. The predicted molar refractivity (Wildman–Crippen MR) is 44.1 cm³/mol. The Bertz CT molecular complexity index is 143. The summed E-state index contributed by atoms with van der Waals surface area (Å²) < 4.78 is 5.17. The van der Waals surface area contributed by atoms with Gasteiger partial charge in [0.05, 0.1) is 12.7 Å². The molecule has 1 aliphatic heterocycles. The molecule has 5 nitrogen and oxygen atoms in total. The van der Waals surface area contributed by atoms with Crippen LogP contribution in [-0.4, -0.2) is 57.6 Å². The van der Waals surface area contributed by atoms with Crippen molar-refractivity contribution in [3.05, 3.63) is 0 Å². The summed E-state index contributed by atoms with van der Waals surface area (Å²) >= 11 is 0. The monoisotopic (exact) mass is 192 g/mol. The molecule has 0 aromatic heterocycles. The van der Waals surface area contributed by atoms with Gasteiger partial charge in [-0.2, -0.15) is 0 Å². The van der Waals surface area contributed by atoms with E-state index in [0.29, 0.717) is 6.42 Å². The van der Waals surface area contributed by atoms with Crippen molar-refractivity contribution in [1.82, 2.24) is 0 Å². The van der Waals surface area contributed by atoms with E-state index in [-0.39, 0.29) is 6.61 Å². The second-order valence-electron chi connectivity index (χ2n) is 3.28. The molecule has 0 aromatic rings. The van der Waals surface area contributed by atoms with E-state index in [1.54, 1.807) is 6.92 Å². The van der Waals surface area contributed by atoms with Gasteiger partial charge < -0.3 is 25.2 Å². The molecule has 4 unspecified atom stereocenters. The van der Waals surface area contributed by atoms with E-state index in [1.165, 1.54) is 0 Å². The molecule has 0 saturated carbocycles. The van der Waals surface area contributed by atoms with Crippen LogP contribution >= 0.6 is 0 Å². The first-order chi connectivity index (χ1) is 6.11. The first-order valence-corrected chi connectivity index (χ1v) is 4.42. The van der Waals surface area contributed by atoms with Crippen molar-refractivity contribution in [1.29, 1.82) is 0 Å². The fourth-order valence-electron chi connectivity index (χ4n) is 1.52. The summed E-state index contributed by atoms with van der Waals surface area (Å²) in [5.41, 5.74) is 0. The lowest BCUT2D eigenvalue weighted by Crippen LogP contribution is -2.58. The zero-order valence-electron chi connectivity index (χ0n) is 7.50. The smallest absolute Gasteiger partial charge is 0.111 e. The zero-order chi connectivity index (χ0) is 10.0. The van der Waals surface area contributed by atoms with Crippen LogP contribution < -0.4 is 0 Å². The molecule has 5 atom stereocenters. The Morgan fingerprint density at radius 1 is 1.00 bits per heavy atom. The molecule has 1 rings (SSSR count). The molecular formula is C8H16O5. The summed E-state index contributed by atoms with van der Waals surface area (Å²) in [4.78, 5) is 0. The highest BCUT2D eigenvalue weighted by Gasteiger charge is 2.42. The molecule has 0 amide bonds. The normalized spacial score (nSPS) is 46.4. The van der Waals surface area contributed by atoms with Crippen molar-refractivity contribution in [3.63, 3.8) is 0 Å². The van der Waals surface area contributed by atoms with E-state index < -0.39 is 30.5 Å². The van der Waals surface area contributed by atoms with Crippen LogP contribution in [0.25, 0.3) is 0 Å². The van der Waals surface area contributed by atoms with Crippen LogP contribution in [0.1, 0.15) is 13.3 Å². The summed E-state index contributed by atoms with van der Waals surface area (Å²) in [6, 6.07) is 0. The molecule has 0 spiro atoms. The van der Waals surface area contributed by atoms with Gasteiger partial charge in [0.15, 0.2) is 0 Å². The van der Waals surface area contributed by atoms with Gasteiger partial charge in [0.2, 0.25) is 0 Å². The summed E-state index contributed by atoms with van der Waals surface area (Å²) in [5, 5.41) is 36.9. The van der Waals surface area contributed by atoms with Crippen molar-refractivity contribution in [3.8, 4) is 0 Å². The zero-order valence-corrected chi connectivity index (χ0v) is 7.50. The second kappa shape index (κ2) is 4.34. The fourth-order valence-corrected chi connectivity index (χ4v) is 1.52. The lowest BCUT2D eigenvalue weighted by Gasteiger charge is -2.39. The SMILES string of the molecule is CCC1OC(CO)[C@@H](O)C(O)C1O. The van der Waals surface area contributed by atoms with Crippen molar-refractivity contribution >= 4 is 0 Å². The average molecular weight is 192 g/mol. The summed E-state index contributed by atoms with van der Waals surface area (Å²) in [6.07, 6.45) is -4.33. The van der Waals surface area contributed by atoms with Gasteiger partial charge in [-0.1, -0.05) is 6.92 Å². The van der Waals surface area contributed by atoms with E-state index in [2.05, 4.69) is 0 Å². The third-order valence-corrected chi connectivity index (χ3v) is 2.39. The average Bonchev–Trinajstić information content (AvgIpc) is 2.15. The Labute approximate surface area is 76.6 Å². The Hall–Kier alpha value is -0.200. The molecule has 13 heavy (non-hydrogen) atoms. The highest BCUT2D eigenvalue weighted by atomic mass is 16.5. The third kappa shape index (κ3) is 2.00. The van der Waals surface area contributed by atoms with Crippen molar-refractivity contribution in [2.75, 3.05) is 6.61 Å². The van der Waals surface area contributed by atoms with Gasteiger partial charge in [-0.25, -0.2) is 0 Å². The van der Waals surface area contributed by atoms with Gasteiger partial charge in [-0.15, -0.1) is 0 Å². The molecule has 1 aliphatic rings. The van der Waals surface area contributed by atoms with Gasteiger partial charge in [0.1, 0.15) is 24.4 Å². The fraction of sp³-hybridized carbons (Fsp3) is 1.00. The van der Waals surface area contributed by atoms with Crippen molar-refractivity contribution in [2.24, 2.45) is 0 Å². The summed E-state index contributed by atoms with van der Waals surface area (Å²) in [5.74, 6) is 0. The Morgan fingerprint density at radius 3 is 2.00 bits per heavy atom. The molecule has 78 valence electrons. The Kier molecular flexibility index (Phi) is 3.63. The van der Waals surface area contributed by atoms with Crippen LogP contribution in [-0.2, 0) is 4.74 Å². The van der Waals surface area contributed by atoms with E-state index >= 15 is 0 Å². The molecule has 5 heteroatoms. The third-order valence-electron chi connectivity index (χ3n) is 2.39. The van der Waals surface area contributed by atoms with Crippen LogP contribution in [0.4, 0.5) is 0 Å². The van der Waals surface area contributed by atoms with E-state index in [0.717, 1.165) is 0 Å². The largest absolute Gasteiger partial charge is 0.394 e. The minimum Gasteiger partial charge on any atom is -0.394 e. The van der Waals surface area contributed by atoms with Crippen LogP contribution in [0.5, 0.6) is 0 Å². The molecule has 0 radical (unpaired) electrons. The van der Waals surface area contributed by atoms with E-state index in [4.69, 9.17) is 9.84 Å². The Balaban J connectivity index is 2.66. The lowest BCUT2D eigenvalue weighted by molar-refractivity contribution is -0.229. The first-order valence-electron chi connectivity index (χ1n) is 4.42. The number of hydrogen-bond donors (Lipinski definition) is 4. The van der Waals surface area contributed by atoms with Crippen molar-refractivity contribution < 1.29 is 25.2 Å². The van der Waals surface area contributed by atoms with Gasteiger partial charge in [0, 0.05) is 0 Å². The number of ether oxygens (including phenoxy) is 1. The van der Waals surface area contributed by atoms with Gasteiger partial charge in [-0.05, 0) is 6.42 Å². The highest BCUT2D eigenvalue weighted by Crippen LogP contribution is 2.22. The molecule has 0 aliphatic carbocycles. The predicted octanol–water partition coefficient (Wildman–Crippen LogP) is -1.76. The van der Waals surface area contributed by atoms with E-state index in [1.807, 2.05) is 0 Å². The molecule has 1 fully saturated rings. The maximum Gasteiger partial charge on any atom is 0.111 e. The number of aliphatic hydroxyl groups is 4. The lowest BCUT2D eigenvalue weighted by atomic mass is 9.94. The van der Waals surface area contributed by atoms with Crippen LogP contribution in [0, 0.1) is 0 Å². The second-order valence-corrected chi connectivity index (χ2v) is 3.28. The number of rotatable bonds is 2. The summed E-state index contributed by atoms with van der Waals surface area (Å²) in [6.45, 7) is 1.44. The Morgan fingerprint density at radius 2 is 1.54 bits per heavy atom. The molecule has 0 aromatic carbocycles.